The second kappa shape index (κ2) is 4.99. The van der Waals surface area contributed by atoms with E-state index in [-0.39, 0.29) is 5.91 Å². The quantitative estimate of drug-likeness (QED) is 0.792. The summed E-state index contributed by atoms with van der Waals surface area (Å²) in [6, 6.07) is 0. The summed E-state index contributed by atoms with van der Waals surface area (Å²) in [5.74, 6) is 1.59. The van der Waals surface area contributed by atoms with Gasteiger partial charge in [0.25, 0.3) is 0 Å². The lowest BCUT2D eigenvalue weighted by molar-refractivity contribution is -0.127. The highest BCUT2D eigenvalue weighted by atomic mass is 16.2. The Balaban J connectivity index is 2.17. The lowest BCUT2D eigenvalue weighted by atomic mass is 10.4. The van der Waals surface area contributed by atoms with Crippen molar-refractivity contribution in [3.05, 3.63) is 12.4 Å². The minimum absolute atomic E-state index is 0.124. The first-order valence-electron chi connectivity index (χ1n) is 5.69. The Morgan fingerprint density at radius 1 is 1.35 bits per heavy atom. The molecule has 2 heterocycles. The van der Waals surface area contributed by atoms with Gasteiger partial charge in [-0.2, -0.15) is 0 Å². The second-order valence-electron chi connectivity index (χ2n) is 4.10. The van der Waals surface area contributed by atoms with E-state index in [0.29, 0.717) is 12.4 Å². The van der Waals surface area contributed by atoms with Crippen molar-refractivity contribution in [3.8, 4) is 0 Å². The minimum atomic E-state index is 0.124. The van der Waals surface area contributed by atoms with E-state index < -0.39 is 0 Å². The van der Waals surface area contributed by atoms with Crippen molar-refractivity contribution >= 4 is 17.5 Å². The van der Waals surface area contributed by atoms with E-state index in [0.717, 1.165) is 25.3 Å². The maximum Gasteiger partial charge on any atom is 0.241 e. The molecule has 1 amide bonds. The lowest BCUT2D eigenvalue weighted by Gasteiger charge is -2.20. The van der Waals surface area contributed by atoms with Gasteiger partial charge in [-0.05, 0) is 6.42 Å². The zero-order chi connectivity index (χ0) is 12.3. The fourth-order valence-corrected chi connectivity index (χ4v) is 1.81. The summed E-state index contributed by atoms with van der Waals surface area (Å²) in [6.45, 7) is 2.00. The van der Waals surface area contributed by atoms with Crippen LogP contribution in [0.4, 0.5) is 11.6 Å². The number of hydrogen-bond acceptors (Lipinski definition) is 5. The number of carbonyl (C=O) groups is 1. The van der Waals surface area contributed by atoms with Gasteiger partial charge in [0.2, 0.25) is 5.91 Å². The zero-order valence-electron chi connectivity index (χ0n) is 10.2. The summed E-state index contributed by atoms with van der Waals surface area (Å²) in [5, 5.41) is 2.95. The van der Waals surface area contributed by atoms with E-state index in [1.165, 1.54) is 0 Å². The SMILES string of the molecule is CNc1cncc(N2CCCN(C)C(=O)C2)n1. The number of amides is 1. The lowest BCUT2D eigenvalue weighted by Crippen LogP contribution is -2.34. The molecule has 0 unspecified atom stereocenters. The molecule has 2 rings (SSSR count). The predicted molar refractivity (Wildman–Crippen MR) is 66.0 cm³/mol. The van der Waals surface area contributed by atoms with Crippen LogP contribution in [0.5, 0.6) is 0 Å². The molecule has 0 bridgehead atoms. The van der Waals surface area contributed by atoms with Gasteiger partial charge in [-0.25, -0.2) is 4.98 Å². The van der Waals surface area contributed by atoms with Crippen molar-refractivity contribution in [2.24, 2.45) is 0 Å². The van der Waals surface area contributed by atoms with Crippen LogP contribution in [0.1, 0.15) is 6.42 Å². The molecular formula is C11H17N5O. The molecule has 17 heavy (non-hydrogen) atoms. The van der Waals surface area contributed by atoms with Crippen molar-refractivity contribution in [1.29, 1.82) is 0 Å². The van der Waals surface area contributed by atoms with E-state index in [4.69, 9.17) is 0 Å². The monoisotopic (exact) mass is 235 g/mol. The third-order valence-electron chi connectivity index (χ3n) is 2.88. The summed E-state index contributed by atoms with van der Waals surface area (Å²) >= 11 is 0. The van der Waals surface area contributed by atoms with Crippen molar-refractivity contribution in [1.82, 2.24) is 14.9 Å². The molecule has 0 saturated carbocycles. The first-order valence-corrected chi connectivity index (χ1v) is 5.69. The van der Waals surface area contributed by atoms with Gasteiger partial charge in [-0.15, -0.1) is 0 Å². The van der Waals surface area contributed by atoms with E-state index in [1.807, 2.05) is 11.9 Å². The van der Waals surface area contributed by atoms with Gasteiger partial charge in [0, 0.05) is 27.2 Å². The number of rotatable bonds is 2. The van der Waals surface area contributed by atoms with Gasteiger partial charge in [0.15, 0.2) is 0 Å². The molecule has 1 aromatic rings. The number of carbonyl (C=O) groups excluding carboxylic acids is 1. The van der Waals surface area contributed by atoms with Crippen LogP contribution in [-0.4, -0.2) is 54.5 Å². The molecule has 6 nitrogen and oxygen atoms in total. The maximum absolute atomic E-state index is 11.8. The van der Waals surface area contributed by atoms with E-state index >= 15 is 0 Å². The number of nitrogens with one attached hydrogen (secondary N) is 1. The van der Waals surface area contributed by atoms with Gasteiger partial charge in [-0.1, -0.05) is 0 Å². The first-order chi connectivity index (χ1) is 8.20. The predicted octanol–water partition coefficient (Wildman–Crippen LogP) is 0.187. The second-order valence-corrected chi connectivity index (χ2v) is 4.10. The smallest absolute Gasteiger partial charge is 0.241 e. The Hall–Kier alpha value is -1.85. The molecule has 0 spiro atoms. The molecule has 1 aromatic heterocycles. The minimum Gasteiger partial charge on any atom is -0.372 e. The summed E-state index contributed by atoms with van der Waals surface area (Å²) in [6.07, 6.45) is 4.31. The topological polar surface area (TPSA) is 61.4 Å². The molecule has 0 aliphatic carbocycles. The summed E-state index contributed by atoms with van der Waals surface area (Å²) in [7, 11) is 3.64. The molecule has 0 atom stereocenters. The molecule has 1 N–H and O–H groups in total. The van der Waals surface area contributed by atoms with Crippen LogP contribution < -0.4 is 10.2 Å². The van der Waals surface area contributed by atoms with Gasteiger partial charge >= 0.3 is 0 Å². The molecule has 1 aliphatic heterocycles. The maximum atomic E-state index is 11.8. The number of likely N-dealkylation sites (N-methyl/N-ethyl adjacent to an activating group) is 1. The number of anilines is 2. The van der Waals surface area contributed by atoms with Crippen LogP contribution in [0.2, 0.25) is 0 Å². The molecule has 92 valence electrons. The van der Waals surface area contributed by atoms with Crippen LogP contribution in [0.25, 0.3) is 0 Å². The Kier molecular flexibility index (Phi) is 3.41. The van der Waals surface area contributed by atoms with Crippen molar-refractivity contribution < 1.29 is 4.79 Å². The number of aromatic nitrogens is 2. The molecule has 1 aliphatic rings. The highest BCUT2D eigenvalue weighted by Crippen LogP contribution is 2.14. The zero-order valence-corrected chi connectivity index (χ0v) is 10.2. The van der Waals surface area contributed by atoms with Crippen LogP contribution in [0, 0.1) is 0 Å². The average molecular weight is 235 g/mol. The third kappa shape index (κ3) is 2.64. The van der Waals surface area contributed by atoms with Crippen LogP contribution >= 0.6 is 0 Å². The standard InChI is InChI=1S/C11H17N5O/c1-12-9-6-13-7-10(14-9)16-5-3-4-15(2)11(17)8-16/h6-7H,3-5,8H2,1-2H3,(H,12,14). The van der Waals surface area contributed by atoms with Gasteiger partial charge in [0.1, 0.15) is 11.6 Å². The highest BCUT2D eigenvalue weighted by Gasteiger charge is 2.20. The Morgan fingerprint density at radius 3 is 2.94 bits per heavy atom. The largest absolute Gasteiger partial charge is 0.372 e. The molecule has 0 aromatic carbocycles. The molecule has 6 heteroatoms. The van der Waals surface area contributed by atoms with Crippen molar-refractivity contribution in [2.75, 3.05) is 43.9 Å². The van der Waals surface area contributed by atoms with Gasteiger partial charge < -0.3 is 15.1 Å². The van der Waals surface area contributed by atoms with Crippen LogP contribution in [-0.2, 0) is 4.79 Å². The van der Waals surface area contributed by atoms with Gasteiger partial charge in [-0.3, -0.25) is 9.78 Å². The Labute approximate surface area is 101 Å². The molecule has 1 saturated heterocycles. The molecular weight excluding hydrogens is 218 g/mol. The molecule has 0 radical (unpaired) electrons. The highest BCUT2D eigenvalue weighted by molar-refractivity contribution is 5.81. The van der Waals surface area contributed by atoms with Gasteiger partial charge in [0.05, 0.1) is 18.9 Å². The Bertz CT molecular complexity index is 409. The summed E-state index contributed by atoms with van der Waals surface area (Å²) in [5.41, 5.74) is 0. The molecule has 1 fully saturated rings. The summed E-state index contributed by atoms with van der Waals surface area (Å²) in [4.78, 5) is 24.0. The Morgan fingerprint density at radius 2 is 2.18 bits per heavy atom. The summed E-state index contributed by atoms with van der Waals surface area (Å²) < 4.78 is 0. The van der Waals surface area contributed by atoms with E-state index in [9.17, 15) is 4.79 Å². The third-order valence-corrected chi connectivity index (χ3v) is 2.88. The van der Waals surface area contributed by atoms with Crippen LogP contribution in [0.3, 0.4) is 0 Å². The fourth-order valence-electron chi connectivity index (χ4n) is 1.81. The van der Waals surface area contributed by atoms with Crippen LogP contribution in [0.15, 0.2) is 12.4 Å². The number of nitrogens with zero attached hydrogens (tertiary/aromatic N) is 4. The van der Waals surface area contributed by atoms with Crippen molar-refractivity contribution in [2.45, 2.75) is 6.42 Å². The van der Waals surface area contributed by atoms with Crippen molar-refractivity contribution in [3.63, 3.8) is 0 Å². The van der Waals surface area contributed by atoms with E-state index in [2.05, 4.69) is 15.3 Å². The fraction of sp³-hybridized carbons (Fsp3) is 0.545. The first kappa shape index (κ1) is 11.6. The average Bonchev–Trinajstić information content (AvgIpc) is 2.52. The normalized spacial score (nSPS) is 16.9. The number of hydrogen-bond donors (Lipinski definition) is 1. The van der Waals surface area contributed by atoms with E-state index in [1.54, 1.807) is 24.3 Å².